The summed E-state index contributed by atoms with van der Waals surface area (Å²) in [4.78, 5) is 5.52. The number of ether oxygens (including phenoxy) is 1. The Morgan fingerprint density at radius 2 is 3.29 bits per heavy atom. The van der Waals surface area contributed by atoms with Crippen LogP contribution in [-0.2, 0) is 0 Å². The predicted molar refractivity (Wildman–Crippen MR) is 25.1 cm³/mol. The van der Waals surface area contributed by atoms with Crippen molar-refractivity contribution in [1.82, 2.24) is 9.97 Å². The second kappa shape index (κ2) is 1.64. The molecule has 0 aliphatic heterocycles. The summed E-state index contributed by atoms with van der Waals surface area (Å²) in [6.45, 7) is 0. The van der Waals surface area contributed by atoms with Gasteiger partial charge in [0.2, 0.25) is 0 Å². The third-order valence-corrected chi connectivity index (χ3v) is 0.479. The van der Waals surface area contributed by atoms with E-state index in [4.69, 9.17) is 6.85 Å². The van der Waals surface area contributed by atoms with E-state index >= 15 is 0 Å². The molecule has 0 bridgehead atoms. The summed E-state index contributed by atoms with van der Waals surface area (Å²) in [6, 6.07) is -0.329. The summed E-state index contributed by atoms with van der Waals surface area (Å²) >= 11 is 0. The van der Waals surface area contributed by atoms with E-state index in [9.17, 15) is 0 Å². The van der Waals surface area contributed by atoms with E-state index in [-0.39, 0.29) is 18.4 Å². The lowest BCUT2D eigenvalue weighted by Gasteiger charge is -1.85. The van der Waals surface area contributed by atoms with E-state index in [2.05, 4.69) is 14.7 Å². The zero-order valence-corrected chi connectivity index (χ0v) is 3.36. The van der Waals surface area contributed by atoms with Gasteiger partial charge in [-0.1, -0.05) is 0 Å². The molecule has 0 aliphatic rings. The fraction of sp³-hybridized carbons (Fsp3) is 0.250. The lowest BCUT2D eigenvalue weighted by Crippen LogP contribution is -1.81. The first-order valence-electron chi connectivity index (χ1n) is 4.11. The first-order chi connectivity index (χ1) is 5.38. The minimum absolute atomic E-state index is 0.269. The summed E-state index contributed by atoms with van der Waals surface area (Å²) in [5, 5.41) is 0. The summed E-state index contributed by atoms with van der Waals surface area (Å²) < 4.78 is 38.3. The minimum Gasteiger partial charge on any atom is -0.468 e. The van der Waals surface area contributed by atoms with Crippen LogP contribution in [0.25, 0.3) is 0 Å². The highest BCUT2D eigenvalue weighted by atomic mass is 16.5. The molecule has 0 atom stereocenters. The average Bonchev–Trinajstić information content (AvgIpc) is 2.07. The van der Waals surface area contributed by atoms with Crippen molar-refractivity contribution >= 4 is 0 Å². The van der Waals surface area contributed by atoms with Gasteiger partial charge in [0.15, 0.2) is 0 Å². The number of imidazole rings is 1. The summed E-state index contributed by atoms with van der Waals surface area (Å²) in [7, 11) is -2.60. The third-order valence-electron chi connectivity index (χ3n) is 0.479. The van der Waals surface area contributed by atoms with Crippen LogP contribution in [-0.4, -0.2) is 17.0 Å². The van der Waals surface area contributed by atoms with E-state index in [1.807, 2.05) is 0 Å². The first kappa shape index (κ1) is 1.24. The number of hydrogen-bond acceptors (Lipinski definition) is 2. The Morgan fingerprint density at radius 3 is 3.86 bits per heavy atom. The minimum atomic E-state index is -2.60. The van der Waals surface area contributed by atoms with E-state index in [0.717, 1.165) is 0 Å². The van der Waals surface area contributed by atoms with Crippen LogP contribution in [0.2, 0.25) is 0 Å². The van der Waals surface area contributed by atoms with Gasteiger partial charge in [0.05, 0.1) is 13.9 Å². The molecule has 1 N–H and O–H groups in total. The Bertz CT molecular complexity index is 260. The van der Waals surface area contributed by atoms with Crippen LogP contribution < -0.4 is 4.74 Å². The van der Waals surface area contributed by atoms with Crippen LogP contribution in [0.4, 0.5) is 0 Å². The lowest BCUT2D eigenvalue weighted by atomic mass is 11.0. The molecule has 7 heavy (non-hydrogen) atoms. The monoisotopic (exact) mass is 103 g/mol. The molecular weight excluding hydrogens is 92.1 g/mol. The lowest BCUT2D eigenvalue weighted by molar-refractivity contribution is 0.384. The first-order valence-corrected chi connectivity index (χ1v) is 1.61. The molecule has 0 radical (unpaired) electrons. The zero-order valence-electron chi connectivity index (χ0n) is 8.36. The van der Waals surface area contributed by atoms with Crippen molar-refractivity contribution in [3.05, 3.63) is 12.3 Å². The maximum absolute atomic E-state index is 6.98. The Balaban J connectivity index is 2.77. The van der Waals surface area contributed by atoms with Gasteiger partial charge >= 0.3 is 0 Å². The summed E-state index contributed by atoms with van der Waals surface area (Å²) in [5.74, 6) is 0. The van der Waals surface area contributed by atoms with Crippen LogP contribution in [0.5, 0.6) is 6.01 Å². The number of aromatic nitrogens is 2. The van der Waals surface area contributed by atoms with Crippen molar-refractivity contribution in [2.24, 2.45) is 0 Å². The standard InChI is InChI=1S/C4H6N2O/c1-7-4-5-2-3-6-4/h2-3H,1H3,(H,5,6)/i1D3,2D,3D. The molecule has 0 fully saturated rings. The molecule has 0 saturated carbocycles. The molecule has 1 aromatic heterocycles. The van der Waals surface area contributed by atoms with Crippen molar-refractivity contribution in [2.75, 3.05) is 7.04 Å². The van der Waals surface area contributed by atoms with Gasteiger partial charge in [-0.25, -0.2) is 4.98 Å². The van der Waals surface area contributed by atoms with Crippen LogP contribution in [0.1, 0.15) is 6.85 Å². The fourth-order valence-electron chi connectivity index (χ4n) is 0.236. The molecule has 3 nitrogen and oxygen atoms in total. The largest absolute Gasteiger partial charge is 0.468 e. The van der Waals surface area contributed by atoms with Crippen molar-refractivity contribution in [3.8, 4) is 6.01 Å². The average molecular weight is 103 g/mol. The molecule has 1 aromatic rings. The van der Waals surface area contributed by atoms with Crippen LogP contribution in [0.15, 0.2) is 12.3 Å². The highest BCUT2D eigenvalue weighted by Crippen LogP contribution is 1.93. The van der Waals surface area contributed by atoms with Gasteiger partial charge in [-0.15, -0.1) is 0 Å². The quantitative estimate of drug-likeness (QED) is 0.559. The Hall–Kier alpha value is -0.990. The van der Waals surface area contributed by atoms with Gasteiger partial charge in [0.1, 0.15) is 0 Å². The second-order valence-corrected chi connectivity index (χ2v) is 0.881. The van der Waals surface area contributed by atoms with Gasteiger partial charge in [-0.3, -0.25) is 0 Å². The third kappa shape index (κ3) is 0.707. The molecule has 0 aromatic carbocycles. The highest BCUT2D eigenvalue weighted by molar-refractivity contribution is 4.91. The van der Waals surface area contributed by atoms with Crippen LogP contribution >= 0.6 is 0 Å². The number of nitrogens with zero attached hydrogens (tertiary/aromatic N) is 1. The molecule has 3 heteroatoms. The number of rotatable bonds is 1. The molecule has 38 valence electrons. The van der Waals surface area contributed by atoms with Crippen molar-refractivity contribution in [1.29, 1.82) is 0 Å². The number of aromatic amines is 1. The predicted octanol–water partition coefficient (Wildman–Crippen LogP) is 0.418. The summed E-state index contributed by atoms with van der Waals surface area (Å²) in [5.41, 5.74) is 0. The molecule has 0 saturated heterocycles. The van der Waals surface area contributed by atoms with Gasteiger partial charge < -0.3 is 9.72 Å². The molecule has 1 heterocycles. The topological polar surface area (TPSA) is 37.9 Å². The Kier molecular flexibility index (Phi) is 0.291. The van der Waals surface area contributed by atoms with Crippen LogP contribution in [0, 0.1) is 0 Å². The molecule has 1 rings (SSSR count). The zero-order chi connectivity index (χ0) is 9.35. The van der Waals surface area contributed by atoms with Gasteiger partial charge in [-0.05, 0) is 0 Å². The van der Waals surface area contributed by atoms with E-state index in [1.54, 1.807) is 0 Å². The van der Waals surface area contributed by atoms with E-state index < -0.39 is 7.04 Å². The molecular formula is C4H6N2O. The number of nitrogens with one attached hydrogen (secondary N) is 1. The molecule has 0 amide bonds. The van der Waals surface area contributed by atoms with Crippen molar-refractivity contribution in [3.63, 3.8) is 0 Å². The highest BCUT2D eigenvalue weighted by Gasteiger charge is 1.83. The molecule has 0 unspecified atom stereocenters. The second-order valence-electron chi connectivity index (χ2n) is 0.881. The van der Waals surface area contributed by atoms with Crippen molar-refractivity contribution in [2.45, 2.75) is 0 Å². The summed E-state index contributed by atoms with van der Waals surface area (Å²) in [6.07, 6.45) is -0.608. The van der Waals surface area contributed by atoms with Crippen LogP contribution in [0.3, 0.4) is 0 Å². The SMILES string of the molecule is [2H]c1nc(OC([2H])([2H])[2H])[nH]c1[2H]. The maximum atomic E-state index is 6.98. The smallest absolute Gasteiger partial charge is 0.293 e. The maximum Gasteiger partial charge on any atom is 0.293 e. The van der Waals surface area contributed by atoms with E-state index in [0.29, 0.717) is 0 Å². The van der Waals surface area contributed by atoms with Gasteiger partial charge in [0, 0.05) is 12.3 Å². The number of hydrogen-bond donors (Lipinski definition) is 1. The fourth-order valence-corrected chi connectivity index (χ4v) is 0.236. The molecule has 0 spiro atoms. The number of methoxy groups -OCH3 is 1. The van der Waals surface area contributed by atoms with Gasteiger partial charge in [-0.2, -0.15) is 0 Å². The Labute approximate surface area is 48.4 Å². The Morgan fingerprint density at radius 1 is 2.29 bits per heavy atom. The molecule has 0 aliphatic carbocycles. The number of H-pyrrole nitrogens is 1. The van der Waals surface area contributed by atoms with E-state index in [1.165, 1.54) is 0 Å². The van der Waals surface area contributed by atoms with Gasteiger partial charge in [0.25, 0.3) is 6.01 Å². The van der Waals surface area contributed by atoms with Crippen molar-refractivity contribution < 1.29 is 11.6 Å². The normalized spacial score (nSPS) is 20.9.